The quantitative estimate of drug-likeness (QED) is 0.590. The van der Waals surface area contributed by atoms with Crippen molar-refractivity contribution in [1.82, 2.24) is 5.32 Å². The zero-order chi connectivity index (χ0) is 12.7. The topological polar surface area (TPSA) is 29.1 Å². The van der Waals surface area contributed by atoms with Crippen molar-refractivity contribution in [2.45, 2.75) is 50.9 Å². The fraction of sp³-hybridized carbons (Fsp3) is 0.917. The van der Waals surface area contributed by atoms with Crippen molar-refractivity contribution < 1.29 is 13.6 Å². The minimum Gasteiger partial charge on any atom is -0.356 e. The molecule has 0 atom stereocenters. The lowest BCUT2D eigenvalue weighted by atomic mass is 9.86. The van der Waals surface area contributed by atoms with E-state index in [4.69, 9.17) is 0 Å². The fourth-order valence-electron chi connectivity index (χ4n) is 2.05. The van der Waals surface area contributed by atoms with E-state index in [1.165, 1.54) is 0 Å². The predicted molar refractivity (Wildman–Crippen MR) is 67.6 cm³/mol. The molecule has 0 aromatic carbocycles. The molecule has 100 valence electrons. The second kappa shape index (κ2) is 7.29. The van der Waals surface area contributed by atoms with Gasteiger partial charge in [-0.3, -0.25) is 4.79 Å². The van der Waals surface area contributed by atoms with Crippen LogP contribution < -0.4 is 5.32 Å². The zero-order valence-electron chi connectivity index (χ0n) is 9.98. The molecule has 1 aliphatic rings. The molecule has 0 spiro atoms. The average molecular weight is 312 g/mol. The number of unbranched alkanes of at least 4 members (excludes halogenated alkanes) is 2. The molecule has 1 rings (SSSR count). The molecule has 0 unspecified atom stereocenters. The second-order valence-electron chi connectivity index (χ2n) is 4.67. The Morgan fingerprint density at radius 2 is 1.88 bits per heavy atom. The van der Waals surface area contributed by atoms with Crippen molar-refractivity contribution in [3.63, 3.8) is 0 Å². The first-order valence-corrected chi connectivity index (χ1v) is 7.39. The molecule has 0 aromatic heterocycles. The van der Waals surface area contributed by atoms with Gasteiger partial charge in [0.15, 0.2) is 0 Å². The Morgan fingerprint density at radius 3 is 2.47 bits per heavy atom. The minimum atomic E-state index is -2.55. The Bertz CT molecular complexity index is 239. The summed E-state index contributed by atoms with van der Waals surface area (Å²) in [5.74, 6) is -2.79. The molecule has 1 fully saturated rings. The maximum atomic E-state index is 12.9. The van der Waals surface area contributed by atoms with Gasteiger partial charge >= 0.3 is 0 Å². The molecular weight excluding hydrogens is 292 g/mol. The molecule has 1 aliphatic carbocycles. The molecule has 0 bridgehead atoms. The van der Waals surface area contributed by atoms with Gasteiger partial charge in [0.1, 0.15) is 0 Å². The van der Waals surface area contributed by atoms with Crippen LogP contribution in [0, 0.1) is 5.92 Å². The lowest BCUT2D eigenvalue weighted by Crippen LogP contribution is -2.36. The van der Waals surface area contributed by atoms with E-state index in [-0.39, 0.29) is 24.7 Å². The summed E-state index contributed by atoms with van der Waals surface area (Å²) in [5.41, 5.74) is 0. The van der Waals surface area contributed by atoms with Gasteiger partial charge in [-0.2, -0.15) is 0 Å². The van der Waals surface area contributed by atoms with Gasteiger partial charge in [-0.05, 0) is 25.7 Å². The molecular formula is C12H20BrF2NO. The highest BCUT2D eigenvalue weighted by Gasteiger charge is 2.37. The fourth-order valence-corrected chi connectivity index (χ4v) is 2.45. The summed E-state index contributed by atoms with van der Waals surface area (Å²) in [6, 6.07) is 0. The smallest absolute Gasteiger partial charge is 0.248 e. The Labute approximate surface area is 110 Å². The van der Waals surface area contributed by atoms with Gasteiger partial charge in [-0.15, -0.1) is 0 Å². The number of alkyl halides is 3. The number of carbonyl (C=O) groups excluding carboxylic acids is 1. The SMILES string of the molecule is O=C(NCCCCCBr)C1CCC(F)(F)CC1. The van der Waals surface area contributed by atoms with Crippen molar-refractivity contribution in [1.29, 1.82) is 0 Å². The van der Waals surface area contributed by atoms with Gasteiger partial charge in [0.25, 0.3) is 0 Å². The van der Waals surface area contributed by atoms with Gasteiger partial charge in [0.05, 0.1) is 0 Å². The minimum absolute atomic E-state index is 0.0423. The van der Waals surface area contributed by atoms with Gasteiger partial charge in [-0.25, -0.2) is 8.78 Å². The average Bonchev–Trinajstić information content (AvgIpc) is 2.28. The maximum absolute atomic E-state index is 12.9. The molecule has 0 saturated heterocycles. The second-order valence-corrected chi connectivity index (χ2v) is 5.46. The summed E-state index contributed by atoms with van der Waals surface area (Å²) in [4.78, 5) is 11.7. The first kappa shape index (κ1) is 14.9. The van der Waals surface area contributed by atoms with Crippen molar-refractivity contribution in [3.8, 4) is 0 Å². The van der Waals surface area contributed by atoms with E-state index in [9.17, 15) is 13.6 Å². The van der Waals surface area contributed by atoms with Crippen molar-refractivity contribution in [2.24, 2.45) is 5.92 Å². The third-order valence-corrected chi connectivity index (χ3v) is 3.76. The summed E-state index contributed by atoms with van der Waals surface area (Å²) in [6.45, 7) is 0.665. The molecule has 0 aliphatic heterocycles. The number of nitrogens with one attached hydrogen (secondary N) is 1. The maximum Gasteiger partial charge on any atom is 0.248 e. The molecule has 0 radical (unpaired) electrons. The van der Waals surface area contributed by atoms with Crippen LogP contribution in [-0.4, -0.2) is 23.7 Å². The largest absolute Gasteiger partial charge is 0.356 e. The van der Waals surface area contributed by atoms with Crippen LogP contribution in [0.1, 0.15) is 44.9 Å². The third kappa shape index (κ3) is 5.80. The Kier molecular flexibility index (Phi) is 6.38. The number of rotatable bonds is 6. The van der Waals surface area contributed by atoms with Crippen LogP contribution in [0.25, 0.3) is 0 Å². The van der Waals surface area contributed by atoms with Crippen molar-refractivity contribution in [3.05, 3.63) is 0 Å². The van der Waals surface area contributed by atoms with Crippen LogP contribution >= 0.6 is 15.9 Å². The number of hydrogen-bond acceptors (Lipinski definition) is 1. The van der Waals surface area contributed by atoms with E-state index in [2.05, 4.69) is 21.2 Å². The highest BCUT2D eigenvalue weighted by atomic mass is 79.9. The molecule has 0 heterocycles. The number of hydrogen-bond donors (Lipinski definition) is 1. The summed E-state index contributed by atoms with van der Waals surface area (Å²) in [7, 11) is 0. The molecule has 1 saturated carbocycles. The van der Waals surface area contributed by atoms with Gasteiger partial charge < -0.3 is 5.32 Å². The van der Waals surface area contributed by atoms with E-state index in [1.807, 2.05) is 0 Å². The lowest BCUT2D eigenvalue weighted by Gasteiger charge is -2.27. The molecule has 1 N–H and O–H groups in total. The highest BCUT2D eigenvalue weighted by molar-refractivity contribution is 9.09. The predicted octanol–water partition coefficient (Wildman–Crippen LogP) is 3.49. The van der Waals surface area contributed by atoms with Gasteiger partial charge in [0, 0.05) is 30.6 Å². The molecule has 5 heteroatoms. The first-order valence-electron chi connectivity index (χ1n) is 6.27. The van der Waals surface area contributed by atoms with Crippen LogP contribution in [0.4, 0.5) is 8.78 Å². The van der Waals surface area contributed by atoms with E-state index in [1.54, 1.807) is 0 Å². The molecule has 1 amide bonds. The normalized spacial score (nSPS) is 20.2. The van der Waals surface area contributed by atoms with Crippen LogP contribution in [0.5, 0.6) is 0 Å². The Morgan fingerprint density at radius 1 is 1.24 bits per heavy atom. The third-order valence-electron chi connectivity index (χ3n) is 3.20. The van der Waals surface area contributed by atoms with Crippen molar-refractivity contribution in [2.75, 3.05) is 11.9 Å². The van der Waals surface area contributed by atoms with Gasteiger partial charge in [-0.1, -0.05) is 22.4 Å². The molecule has 17 heavy (non-hydrogen) atoms. The lowest BCUT2D eigenvalue weighted by molar-refractivity contribution is -0.129. The number of halogens is 3. The standard InChI is InChI=1S/C12H20BrF2NO/c13-8-2-1-3-9-16-11(17)10-4-6-12(14,15)7-5-10/h10H,1-9H2,(H,16,17). The first-order chi connectivity index (χ1) is 8.05. The van der Waals surface area contributed by atoms with E-state index in [0.29, 0.717) is 19.4 Å². The molecule has 0 aromatic rings. The Balaban J connectivity index is 2.12. The highest BCUT2D eigenvalue weighted by Crippen LogP contribution is 2.36. The zero-order valence-corrected chi connectivity index (χ0v) is 11.6. The van der Waals surface area contributed by atoms with E-state index < -0.39 is 5.92 Å². The van der Waals surface area contributed by atoms with E-state index in [0.717, 1.165) is 24.6 Å². The summed E-state index contributed by atoms with van der Waals surface area (Å²) >= 11 is 3.35. The molecule has 2 nitrogen and oxygen atoms in total. The van der Waals surface area contributed by atoms with E-state index >= 15 is 0 Å². The Hall–Kier alpha value is -0.190. The van der Waals surface area contributed by atoms with Crippen molar-refractivity contribution >= 4 is 21.8 Å². The number of carbonyl (C=O) groups is 1. The summed E-state index contributed by atoms with van der Waals surface area (Å²) in [5, 5.41) is 3.82. The monoisotopic (exact) mass is 311 g/mol. The van der Waals surface area contributed by atoms with Crippen LogP contribution in [0.2, 0.25) is 0 Å². The van der Waals surface area contributed by atoms with Crippen LogP contribution in [0.3, 0.4) is 0 Å². The summed E-state index contributed by atoms with van der Waals surface area (Å²) < 4.78 is 25.8. The summed E-state index contributed by atoms with van der Waals surface area (Å²) in [6.07, 6.45) is 3.49. The van der Waals surface area contributed by atoms with Crippen LogP contribution in [-0.2, 0) is 4.79 Å². The number of amides is 1. The van der Waals surface area contributed by atoms with Gasteiger partial charge in [0.2, 0.25) is 11.8 Å². The van der Waals surface area contributed by atoms with Crippen LogP contribution in [0.15, 0.2) is 0 Å².